The Morgan fingerprint density at radius 2 is 1.23 bits per heavy atom. The molecule has 0 unspecified atom stereocenters. The first kappa shape index (κ1) is 38.7. The van der Waals surface area contributed by atoms with Crippen LogP contribution in [-0.2, 0) is 33.0 Å². The Labute approximate surface area is 311 Å². The maximum absolute atomic E-state index is 13.3. The maximum atomic E-state index is 13.3. The van der Waals surface area contributed by atoms with E-state index in [0.29, 0.717) is 39.5 Å². The molecule has 1 aromatic carbocycles. The van der Waals surface area contributed by atoms with E-state index in [1.807, 2.05) is 0 Å². The molecule has 272 valence electrons. The summed E-state index contributed by atoms with van der Waals surface area (Å²) in [4.78, 5) is 68.5. The van der Waals surface area contributed by atoms with E-state index in [1.165, 1.54) is 18.2 Å². The average Bonchev–Trinajstić information content (AvgIpc) is 3.80. The molecule has 5 rings (SSSR count). The van der Waals surface area contributed by atoms with Gasteiger partial charge in [0, 0.05) is 65.4 Å². The highest BCUT2D eigenvalue weighted by atomic mass is 79.9. The van der Waals surface area contributed by atoms with Gasteiger partial charge in [0.15, 0.2) is 5.82 Å². The van der Waals surface area contributed by atoms with Crippen LogP contribution in [0.3, 0.4) is 0 Å². The number of nitrogens with zero attached hydrogens (tertiary/aromatic N) is 5. The van der Waals surface area contributed by atoms with Crippen LogP contribution in [0.1, 0.15) is 48.5 Å². The molecule has 5 aromatic rings. The van der Waals surface area contributed by atoms with Gasteiger partial charge in [-0.2, -0.15) is 0 Å². The van der Waals surface area contributed by atoms with Crippen LogP contribution in [-0.4, -0.2) is 65.2 Å². The minimum atomic E-state index is -0.511. The van der Waals surface area contributed by atoms with Crippen LogP contribution in [0, 0.1) is 5.41 Å². The minimum Gasteiger partial charge on any atom is -0.388 e. The van der Waals surface area contributed by atoms with Crippen LogP contribution in [0.15, 0.2) is 66.1 Å². The second kappa shape index (κ2) is 15.8. The van der Waals surface area contributed by atoms with Gasteiger partial charge in [0.2, 0.25) is 0 Å². The first-order valence-electron chi connectivity index (χ1n) is 15.3. The van der Waals surface area contributed by atoms with Crippen molar-refractivity contribution in [2.45, 2.75) is 6.42 Å². The molecule has 4 heterocycles. The number of hydrogen-bond donors (Lipinski definition) is 7. The Bertz CT molecular complexity index is 2260. The van der Waals surface area contributed by atoms with Gasteiger partial charge < -0.3 is 50.6 Å². The van der Waals surface area contributed by atoms with Gasteiger partial charge in [0.05, 0.1) is 38.4 Å². The Hall–Kier alpha value is -6.14. The molecule has 8 N–H and O–H groups in total. The largest absolute Gasteiger partial charge is 0.388 e. The number of nitrogens with two attached hydrogens (primary N) is 1. The molecule has 0 saturated heterocycles. The number of carbonyl (C=O) groups is 5. The molecule has 0 atom stereocenters. The van der Waals surface area contributed by atoms with Gasteiger partial charge in [0.25, 0.3) is 29.5 Å². The van der Waals surface area contributed by atoms with E-state index in [2.05, 4.69) is 54.1 Å². The van der Waals surface area contributed by atoms with Gasteiger partial charge in [-0.3, -0.25) is 29.4 Å². The quantitative estimate of drug-likeness (QED) is 0.0563. The number of imidazole rings is 1. The second-order valence-electron chi connectivity index (χ2n) is 11.6. The smallest absolute Gasteiger partial charge is 0.291 e. The van der Waals surface area contributed by atoms with Gasteiger partial charge in [-0.05, 0) is 52.3 Å². The van der Waals surface area contributed by atoms with Crippen LogP contribution in [0.25, 0.3) is 11.0 Å². The van der Waals surface area contributed by atoms with E-state index in [-0.39, 0.29) is 58.8 Å². The third-order valence-corrected chi connectivity index (χ3v) is 8.11. The number of aryl methyl sites for hydroxylation is 4. The highest BCUT2D eigenvalue weighted by Crippen LogP contribution is 2.23. The Morgan fingerprint density at radius 3 is 1.71 bits per heavy atom. The zero-order valence-electron chi connectivity index (χ0n) is 28.5. The molecule has 0 saturated carbocycles. The van der Waals surface area contributed by atoms with Crippen molar-refractivity contribution in [1.29, 1.82) is 5.41 Å². The van der Waals surface area contributed by atoms with E-state index in [4.69, 9.17) is 11.1 Å². The zero-order chi connectivity index (χ0) is 37.1. The molecule has 5 amide bonds. The van der Waals surface area contributed by atoms with Crippen molar-refractivity contribution in [3.63, 3.8) is 0 Å². The number of anilines is 4. The molecule has 0 aliphatic heterocycles. The molecular formula is C33H36BrClN12O5. The molecule has 4 aromatic heterocycles. The highest BCUT2D eigenvalue weighted by molar-refractivity contribution is 9.12. The van der Waals surface area contributed by atoms with E-state index in [0.717, 1.165) is 0 Å². The number of halogens is 2. The first-order chi connectivity index (χ1) is 24.1. The third kappa shape index (κ3) is 8.59. The predicted molar refractivity (Wildman–Crippen MR) is 204 cm³/mol. The van der Waals surface area contributed by atoms with Crippen molar-refractivity contribution in [3.05, 3.63) is 89.0 Å². The third-order valence-electron chi connectivity index (χ3n) is 7.75. The summed E-state index contributed by atoms with van der Waals surface area (Å²) in [6, 6.07) is 9.60. The number of amidine groups is 1. The van der Waals surface area contributed by atoms with Gasteiger partial charge in [-0.15, -0.1) is 12.4 Å². The van der Waals surface area contributed by atoms with Crippen molar-refractivity contribution in [2.24, 2.45) is 33.9 Å². The van der Waals surface area contributed by atoms with Crippen LogP contribution in [0.5, 0.6) is 0 Å². The van der Waals surface area contributed by atoms with Gasteiger partial charge in [0.1, 0.15) is 17.1 Å². The molecule has 0 radical (unpaired) electrons. The molecule has 52 heavy (non-hydrogen) atoms. The maximum Gasteiger partial charge on any atom is 0.291 e. The SMILES string of the molecule is C=C(Br)C(=O)Nc1ccc2c(c1)nc(C(=O)Nc1cc(C(=O)Nc3cc(C(=O)Nc4cc(C(=O)NCCC(=N)N)n(C)c4)n(C)c3)n(C)c1)n2C.Cl. The normalized spacial score (nSPS) is 10.6. The fourth-order valence-corrected chi connectivity index (χ4v) is 5.33. The summed E-state index contributed by atoms with van der Waals surface area (Å²) < 4.78 is 6.44. The Morgan fingerprint density at radius 1 is 0.750 bits per heavy atom. The lowest BCUT2D eigenvalue weighted by Gasteiger charge is -2.04. The predicted octanol–water partition coefficient (Wildman–Crippen LogP) is 3.67. The second-order valence-corrected chi connectivity index (χ2v) is 12.6. The summed E-state index contributed by atoms with van der Waals surface area (Å²) >= 11 is 3.04. The fourth-order valence-electron chi connectivity index (χ4n) is 5.23. The number of carbonyl (C=O) groups excluding carboxylic acids is 5. The standard InChI is InChI=1S/C33H35BrN12O5.ClH/c1-17(34)29(47)38-18-6-7-23-22(10-18)42-28(46(23)5)33(51)41-21-13-26(45(4)16-21)32(50)40-20-12-25(44(3)15-20)31(49)39-19-11-24(43(2)14-19)30(48)37-9-8-27(35)36;/h6-7,10-16H,1,8-9H2,2-5H3,(H3,35,36)(H,37,48)(H,38,47)(H,39,49)(H,40,50)(H,41,51);1H. The van der Waals surface area contributed by atoms with Crippen LogP contribution in [0.2, 0.25) is 0 Å². The number of benzene rings is 1. The summed E-state index contributed by atoms with van der Waals surface area (Å²) in [6.45, 7) is 3.76. The Balaban J connectivity index is 0.00000605. The molecule has 19 heteroatoms. The lowest BCUT2D eigenvalue weighted by atomic mass is 10.2. The van der Waals surface area contributed by atoms with Crippen molar-refractivity contribution < 1.29 is 24.0 Å². The van der Waals surface area contributed by atoms with E-state index in [1.54, 1.807) is 83.2 Å². The molecular weight excluding hydrogens is 760 g/mol. The van der Waals surface area contributed by atoms with E-state index >= 15 is 0 Å². The van der Waals surface area contributed by atoms with E-state index in [9.17, 15) is 24.0 Å². The van der Waals surface area contributed by atoms with Crippen LogP contribution >= 0.6 is 28.3 Å². The summed E-state index contributed by atoms with van der Waals surface area (Å²) in [5.74, 6) is -2.17. The average molecular weight is 796 g/mol. The number of rotatable bonds is 12. The molecule has 0 aliphatic carbocycles. The van der Waals surface area contributed by atoms with E-state index < -0.39 is 23.6 Å². The number of amides is 5. The van der Waals surface area contributed by atoms with Crippen molar-refractivity contribution in [2.75, 3.05) is 27.8 Å². The lowest BCUT2D eigenvalue weighted by Crippen LogP contribution is -2.28. The van der Waals surface area contributed by atoms with Crippen LogP contribution in [0.4, 0.5) is 22.7 Å². The summed E-state index contributed by atoms with van der Waals surface area (Å²) in [5.41, 5.74) is 8.85. The van der Waals surface area contributed by atoms with Gasteiger partial charge in [-0.25, -0.2) is 4.98 Å². The molecule has 0 spiro atoms. The molecule has 0 fully saturated rings. The van der Waals surface area contributed by atoms with Crippen molar-refractivity contribution >= 4 is 97.5 Å². The fraction of sp³-hybridized carbons (Fsp3) is 0.182. The van der Waals surface area contributed by atoms with Gasteiger partial charge in [-0.1, -0.05) is 6.58 Å². The topological polar surface area (TPSA) is 228 Å². The number of hydrogen-bond acceptors (Lipinski definition) is 7. The summed E-state index contributed by atoms with van der Waals surface area (Å²) in [5, 5.41) is 20.9. The van der Waals surface area contributed by atoms with Crippen molar-refractivity contribution in [1.82, 2.24) is 28.6 Å². The number of fused-ring (bicyclic) bond motifs is 1. The number of nitrogens with one attached hydrogen (secondary N) is 6. The molecule has 17 nitrogen and oxygen atoms in total. The zero-order valence-corrected chi connectivity index (χ0v) is 30.9. The molecule has 0 bridgehead atoms. The lowest BCUT2D eigenvalue weighted by molar-refractivity contribution is -0.112. The van der Waals surface area contributed by atoms with Crippen LogP contribution < -0.4 is 32.3 Å². The first-order valence-corrected chi connectivity index (χ1v) is 16.1. The molecule has 0 aliphatic rings. The highest BCUT2D eigenvalue weighted by Gasteiger charge is 2.21. The Kier molecular flexibility index (Phi) is 11.8. The summed E-state index contributed by atoms with van der Waals surface area (Å²) in [7, 11) is 6.66. The monoisotopic (exact) mass is 794 g/mol. The van der Waals surface area contributed by atoms with Crippen molar-refractivity contribution in [3.8, 4) is 0 Å². The number of aromatic nitrogens is 5. The van der Waals surface area contributed by atoms with Gasteiger partial charge >= 0.3 is 0 Å². The minimum absolute atomic E-state index is 0. The summed E-state index contributed by atoms with van der Waals surface area (Å²) in [6.07, 6.45) is 4.97.